The predicted octanol–water partition coefficient (Wildman–Crippen LogP) is 2.46. The summed E-state index contributed by atoms with van der Waals surface area (Å²) in [6, 6.07) is 18.8. The monoisotopic (exact) mass is 366 g/mol. The topological polar surface area (TPSA) is 51.1 Å². The second-order valence-electron chi connectivity index (χ2n) is 7.32. The van der Waals surface area contributed by atoms with Gasteiger partial charge in [-0.05, 0) is 23.1 Å². The van der Waals surface area contributed by atoms with Gasteiger partial charge in [0.1, 0.15) is 0 Å². The number of hydrogen-bond acceptors (Lipinski definition) is 3. The predicted molar refractivity (Wildman–Crippen MR) is 110 cm³/mol. The first kappa shape index (κ1) is 19.4. The first-order chi connectivity index (χ1) is 13.1. The molecule has 1 aliphatic rings. The van der Waals surface area contributed by atoms with E-state index in [9.17, 15) is 5.11 Å². The van der Waals surface area contributed by atoms with E-state index in [-0.39, 0.29) is 6.10 Å². The van der Waals surface area contributed by atoms with E-state index >= 15 is 0 Å². The molecule has 3 rings (SSSR count). The Morgan fingerprint density at radius 3 is 2.48 bits per heavy atom. The van der Waals surface area contributed by atoms with Crippen LogP contribution in [0.1, 0.15) is 23.1 Å². The van der Waals surface area contributed by atoms with Crippen molar-refractivity contribution >= 4 is 5.96 Å². The molecule has 144 valence electrons. The van der Waals surface area contributed by atoms with Gasteiger partial charge in [0.25, 0.3) is 0 Å². The van der Waals surface area contributed by atoms with Gasteiger partial charge < -0.3 is 15.3 Å². The van der Waals surface area contributed by atoms with Gasteiger partial charge in [0, 0.05) is 40.3 Å². The molecule has 1 saturated heterocycles. The highest BCUT2D eigenvalue weighted by molar-refractivity contribution is 5.79. The Hall–Kier alpha value is -2.37. The quantitative estimate of drug-likeness (QED) is 0.609. The van der Waals surface area contributed by atoms with Crippen molar-refractivity contribution in [3.05, 3.63) is 71.3 Å². The molecule has 0 spiro atoms. The maximum atomic E-state index is 9.76. The fourth-order valence-electron chi connectivity index (χ4n) is 3.36. The highest BCUT2D eigenvalue weighted by Crippen LogP contribution is 2.16. The number of hydrogen-bond donors (Lipinski definition) is 2. The summed E-state index contributed by atoms with van der Waals surface area (Å²) in [6.07, 6.45) is 0.692. The van der Waals surface area contributed by atoms with Crippen molar-refractivity contribution in [2.45, 2.75) is 32.2 Å². The zero-order chi connectivity index (χ0) is 19.1. The molecule has 27 heavy (non-hydrogen) atoms. The largest absolute Gasteiger partial charge is 0.392 e. The Morgan fingerprint density at radius 1 is 1.11 bits per heavy atom. The molecular formula is C22H30N4O. The molecule has 1 aliphatic heterocycles. The fraction of sp³-hybridized carbons (Fsp3) is 0.409. The summed E-state index contributed by atoms with van der Waals surface area (Å²) in [5.41, 5.74) is 3.78. The van der Waals surface area contributed by atoms with Crippen LogP contribution in [0.15, 0.2) is 59.6 Å². The van der Waals surface area contributed by atoms with Gasteiger partial charge in [-0.2, -0.15) is 0 Å². The van der Waals surface area contributed by atoms with Crippen LogP contribution in [0.25, 0.3) is 0 Å². The number of nitrogens with one attached hydrogen (secondary N) is 1. The molecule has 1 unspecified atom stereocenters. The highest BCUT2D eigenvalue weighted by Gasteiger charge is 2.20. The lowest BCUT2D eigenvalue weighted by molar-refractivity contribution is 0.174. The number of guanidine groups is 1. The molecule has 1 heterocycles. The molecule has 0 amide bonds. The van der Waals surface area contributed by atoms with Crippen molar-refractivity contribution < 1.29 is 5.11 Å². The van der Waals surface area contributed by atoms with Crippen LogP contribution >= 0.6 is 0 Å². The Morgan fingerprint density at radius 2 is 1.81 bits per heavy atom. The van der Waals surface area contributed by atoms with Crippen molar-refractivity contribution in [1.29, 1.82) is 0 Å². The number of benzene rings is 2. The molecule has 2 aromatic rings. The summed E-state index contributed by atoms with van der Waals surface area (Å²) in [5.74, 6) is 0.880. The van der Waals surface area contributed by atoms with Crippen LogP contribution in [0.3, 0.4) is 0 Å². The number of aliphatic hydroxyl groups excluding tert-OH is 1. The van der Waals surface area contributed by atoms with Gasteiger partial charge in [-0.15, -0.1) is 0 Å². The van der Waals surface area contributed by atoms with Crippen LogP contribution in [0, 0.1) is 0 Å². The van der Waals surface area contributed by atoms with Gasteiger partial charge in [-0.25, -0.2) is 4.99 Å². The van der Waals surface area contributed by atoms with Gasteiger partial charge in [-0.1, -0.05) is 54.6 Å². The number of aliphatic imine (C=N–C) groups is 1. The van der Waals surface area contributed by atoms with Crippen LogP contribution in [-0.4, -0.2) is 54.2 Å². The summed E-state index contributed by atoms with van der Waals surface area (Å²) >= 11 is 0. The molecule has 1 fully saturated rings. The first-order valence-electron chi connectivity index (χ1n) is 9.58. The van der Waals surface area contributed by atoms with Crippen molar-refractivity contribution in [3.8, 4) is 0 Å². The molecule has 0 bridgehead atoms. The lowest BCUT2D eigenvalue weighted by Gasteiger charge is -2.21. The van der Waals surface area contributed by atoms with E-state index in [2.05, 4.69) is 46.6 Å². The Bertz CT molecular complexity index is 745. The Balaban J connectivity index is 1.63. The molecule has 2 aromatic carbocycles. The summed E-state index contributed by atoms with van der Waals surface area (Å²) in [7, 11) is 4.02. The summed E-state index contributed by atoms with van der Waals surface area (Å²) in [6.45, 7) is 4.01. The number of aliphatic hydroxyl groups is 1. The number of likely N-dealkylation sites (tertiary alicyclic amines) is 1. The molecule has 0 saturated carbocycles. The number of rotatable bonds is 6. The molecule has 0 aliphatic carbocycles. The second-order valence-corrected chi connectivity index (χ2v) is 7.32. The minimum atomic E-state index is -0.180. The van der Waals surface area contributed by atoms with Gasteiger partial charge >= 0.3 is 0 Å². The lowest BCUT2D eigenvalue weighted by atomic mass is 10.1. The lowest BCUT2D eigenvalue weighted by Crippen LogP contribution is -2.36. The minimum absolute atomic E-state index is 0.180. The van der Waals surface area contributed by atoms with Crippen LogP contribution in [-0.2, 0) is 19.6 Å². The molecule has 2 N–H and O–H groups in total. The average molecular weight is 367 g/mol. The van der Waals surface area contributed by atoms with E-state index in [1.54, 1.807) is 0 Å². The molecule has 5 nitrogen and oxygen atoms in total. The third-order valence-electron chi connectivity index (χ3n) is 4.87. The molecular weight excluding hydrogens is 336 g/mol. The standard InChI is InChI=1S/C22H30N4O/c1-25(2)22(23-14-18-8-4-3-5-9-18)24-15-19-10-6-7-11-20(19)16-26-13-12-21(27)17-26/h3-11,21,27H,12-17H2,1-2H3,(H,23,24). The van der Waals surface area contributed by atoms with E-state index in [0.717, 1.165) is 38.6 Å². The van der Waals surface area contributed by atoms with Crippen molar-refractivity contribution in [3.63, 3.8) is 0 Å². The maximum absolute atomic E-state index is 9.76. The third kappa shape index (κ3) is 5.81. The summed E-state index contributed by atoms with van der Waals surface area (Å²) < 4.78 is 0. The minimum Gasteiger partial charge on any atom is -0.392 e. The van der Waals surface area contributed by atoms with Crippen LogP contribution in [0.5, 0.6) is 0 Å². The van der Waals surface area contributed by atoms with Crippen molar-refractivity contribution in [2.75, 3.05) is 27.2 Å². The molecule has 1 atom stereocenters. The van der Waals surface area contributed by atoms with E-state index in [1.165, 1.54) is 16.7 Å². The molecule has 0 aromatic heterocycles. The Labute approximate surface area is 162 Å². The van der Waals surface area contributed by atoms with Gasteiger partial charge in [0.15, 0.2) is 5.96 Å². The van der Waals surface area contributed by atoms with Crippen LogP contribution in [0.4, 0.5) is 0 Å². The zero-order valence-corrected chi connectivity index (χ0v) is 16.3. The average Bonchev–Trinajstić information content (AvgIpc) is 3.08. The number of nitrogens with zero attached hydrogens (tertiary/aromatic N) is 3. The van der Waals surface area contributed by atoms with Crippen molar-refractivity contribution in [2.24, 2.45) is 4.99 Å². The molecule has 0 radical (unpaired) electrons. The normalized spacial score (nSPS) is 17.9. The van der Waals surface area contributed by atoms with Gasteiger partial charge in [0.2, 0.25) is 0 Å². The maximum Gasteiger partial charge on any atom is 0.194 e. The number of β-amino-alcohol motifs (C(OH)–C–C–N with tert-alkyl or cyclic N) is 1. The summed E-state index contributed by atoms with van der Waals surface area (Å²) in [5, 5.41) is 13.2. The van der Waals surface area contributed by atoms with E-state index < -0.39 is 0 Å². The van der Waals surface area contributed by atoms with Gasteiger partial charge in [0.05, 0.1) is 12.6 Å². The van der Waals surface area contributed by atoms with E-state index in [1.807, 2.05) is 37.2 Å². The third-order valence-corrected chi connectivity index (χ3v) is 4.87. The Kier molecular flexibility index (Phi) is 6.85. The fourth-order valence-corrected chi connectivity index (χ4v) is 3.36. The zero-order valence-electron chi connectivity index (χ0n) is 16.3. The SMILES string of the molecule is CN(C)C(=NCc1ccccc1)NCc1ccccc1CN1CCC(O)C1. The second kappa shape index (κ2) is 9.53. The highest BCUT2D eigenvalue weighted by atomic mass is 16.3. The van der Waals surface area contributed by atoms with Crippen molar-refractivity contribution in [1.82, 2.24) is 15.1 Å². The van der Waals surface area contributed by atoms with E-state index in [4.69, 9.17) is 4.99 Å². The first-order valence-corrected chi connectivity index (χ1v) is 9.58. The molecule has 5 heteroatoms. The van der Waals surface area contributed by atoms with Crippen LogP contribution < -0.4 is 5.32 Å². The van der Waals surface area contributed by atoms with E-state index in [0.29, 0.717) is 6.54 Å². The van der Waals surface area contributed by atoms with Gasteiger partial charge in [-0.3, -0.25) is 4.90 Å². The van der Waals surface area contributed by atoms with Crippen LogP contribution in [0.2, 0.25) is 0 Å². The summed E-state index contributed by atoms with van der Waals surface area (Å²) in [4.78, 5) is 9.07. The smallest absolute Gasteiger partial charge is 0.194 e.